The fourth-order valence-electron chi connectivity index (χ4n) is 1.90. The van der Waals surface area contributed by atoms with Gasteiger partial charge < -0.3 is 34.3 Å². The van der Waals surface area contributed by atoms with Gasteiger partial charge in [0.2, 0.25) is 5.75 Å². The zero-order valence-electron chi connectivity index (χ0n) is 15.7. The number of phenolic OH excluding ortho intramolecular Hbond substituents is 1. The molecule has 11 nitrogen and oxygen atoms in total. The van der Waals surface area contributed by atoms with Crippen molar-refractivity contribution in [2.45, 2.75) is 0 Å². The smallest absolute Gasteiger partial charge is 0.346 e. The number of aromatic hydroxyl groups is 1. The summed E-state index contributed by atoms with van der Waals surface area (Å²) in [6.07, 6.45) is 1.00. The maximum Gasteiger partial charge on any atom is 0.346 e. The Labute approximate surface area is 165 Å². The van der Waals surface area contributed by atoms with E-state index in [1.54, 1.807) is 0 Å². The number of carbonyl (C=O) groups excluding carboxylic acids is 4. The van der Waals surface area contributed by atoms with Gasteiger partial charge in [-0.2, -0.15) is 0 Å². The topological polar surface area (TPSA) is 166 Å². The van der Waals surface area contributed by atoms with E-state index in [0.717, 1.165) is 6.08 Å². The SMILES string of the molecule is COc1cc(C=C(C(=O)OCC(=O)CO)C(=O)OCC(=O)CO)cc(OC)c1O. The van der Waals surface area contributed by atoms with Gasteiger partial charge in [-0.3, -0.25) is 9.59 Å². The lowest BCUT2D eigenvalue weighted by Crippen LogP contribution is -2.24. The van der Waals surface area contributed by atoms with Crippen LogP contribution in [0.25, 0.3) is 6.08 Å². The van der Waals surface area contributed by atoms with Crippen molar-refractivity contribution in [3.63, 3.8) is 0 Å². The lowest BCUT2D eigenvalue weighted by molar-refractivity contribution is -0.151. The van der Waals surface area contributed by atoms with Crippen molar-refractivity contribution >= 4 is 29.6 Å². The zero-order valence-corrected chi connectivity index (χ0v) is 15.7. The van der Waals surface area contributed by atoms with Gasteiger partial charge in [0, 0.05) is 0 Å². The first-order valence-electron chi connectivity index (χ1n) is 8.03. The van der Waals surface area contributed by atoms with Crippen molar-refractivity contribution in [1.82, 2.24) is 0 Å². The summed E-state index contributed by atoms with van der Waals surface area (Å²) in [5, 5.41) is 27.3. The molecule has 0 aliphatic heterocycles. The molecule has 0 aromatic heterocycles. The van der Waals surface area contributed by atoms with Crippen LogP contribution >= 0.6 is 0 Å². The van der Waals surface area contributed by atoms with Gasteiger partial charge in [0.25, 0.3) is 0 Å². The largest absolute Gasteiger partial charge is 0.502 e. The van der Waals surface area contributed by atoms with Crippen LogP contribution in [0, 0.1) is 0 Å². The molecular weight excluding hydrogens is 392 g/mol. The molecule has 29 heavy (non-hydrogen) atoms. The second-order valence-corrected chi connectivity index (χ2v) is 5.38. The molecule has 0 amide bonds. The molecule has 158 valence electrons. The number of aliphatic hydroxyl groups excluding tert-OH is 2. The Hall–Kier alpha value is -3.44. The highest BCUT2D eigenvalue weighted by molar-refractivity contribution is 6.18. The van der Waals surface area contributed by atoms with Gasteiger partial charge in [-0.25, -0.2) is 9.59 Å². The number of methoxy groups -OCH3 is 2. The molecule has 1 aromatic rings. The van der Waals surface area contributed by atoms with Crippen LogP contribution < -0.4 is 9.47 Å². The van der Waals surface area contributed by atoms with E-state index in [0.29, 0.717) is 0 Å². The minimum atomic E-state index is -1.26. The van der Waals surface area contributed by atoms with Crippen LogP contribution in [0.5, 0.6) is 17.2 Å². The number of carbonyl (C=O) groups is 4. The second-order valence-electron chi connectivity index (χ2n) is 5.38. The predicted octanol–water partition coefficient (Wildman–Crippen LogP) is -0.998. The molecule has 0 fully saturated rings. The molecular formula is C18H20O11. The summed E-state index contributed by atoms with van der Waals surface area (Å²) in [7, 11) is 2.54. The molecule has 0 bridgehead atoms. The van der Waals surface area contributed by atoms with Crippen molar-refractivity contribution in [3.05, 3.63) is 23.3 Å². The molecule has 0 unspecified atom stereocenters. The third-order valence-corrected chi connectivity index (χ3v) is 3.33. The summed E-state index contributed by atoms with van der Waals surface area (Å²) in [5.41, 5.74) is -0.543. The van der Waals surface area contributed by atoms with Gasteiger partial charge in [0.1, 0.15) is 18.8 Å². The Balaban J connectivity index is 3.27. The Morgan fingerprint density at radius 3 is 1.62 bits per heavy atom. The number of Topliss-reactive ketones (excluding diaryl/α,β-unsaturated/α-hetero) is 2. The van der Waals surface area contributed by atoms with Crippen LogP contribution in [-0.2, 0) is 28.7 Å². The third kappa shape index (κ3) is 6.90. The number of esters is 2. The highest BCUT2D eigenvalue weighted by atomic mass is 16.6. The fraction of sp³-hybridized carbons (Fsp3) is 0.333. The lowest BCUT2D eigenvalue weighted by Gasteiger charge is -2.11. The van der Waals surface area contributed by atoms with E-state index in [2.05, 4.69) is 9.47 Å². The maximum atomic E-state index is 12.2. The van der Waals surface area contributed by atoms with Crippen molar-refractivity contribution in [3.8, 4) is 17.2 Å². The van der Waals surface area contributed by atoms with E-state index < -0.39 is 55.5 Å². The number of phenols is 1. The van der Waals surface area contributed by atoms with Crippen LogP contribution in [0.1, 0.15) is 5.56 Å². The average molecular weight is 412 g/mol. The first kappa shape index (κ1) is 23.6. The van der Waals surface area contributed by atoms with Gasteiger partial charge in [-0.1, -0.05) is 0 Å². The molecule has 0 saturated carbocycles. The Kier molecular flexibility index (Phi) is 9.29. The minimum Gasteiger partial charge on any atom is -0.502 e. The van der Waals surface area contributed by atoms with E-state index in [1.165, 1.54) is 26.4 Å². The molecule has 11 heteroatoms. The maximum absolute atomic E-state index is 12.2. The van der Waals surface area contributed by atoms with Gasteiger partial charge in [0.15, 0.2) is 36.3 Å². The molecule has 1 rings (SSSR count). The van der Waals surface area contributed by atoms with Crippen molar-refractivity contribution in [2.24, 2.45) is 0 Å². The van der Waals surface area contributed by atoms with Crippen LogP contribution in [0.3, 0.4) is 0 Å². The molecule has 3 N–H and O–H groups in total. The summed E-state index contributed by atoms with van der Waals surface area (Å²) < 4.78 is 19.3. The van der Waals surface area contributed by atoms with Crippen molar-refractivity contribution in [1.29, 1.82) is 0 Å². The van der Waals surface area contributed by atoms with Crippen LogP contribution in [0.2, 0.25) is 0 Å². The van der Waals surface area contributed by atoms with Crippen molar-refractivity contribution < 1.29 is 53.4 Å². The number of aliphatic hydroxyl groups is 2. The minimum absolute atomic E-state index is 0.0254. The Morgan fingerprint density at radius 2 is 1.28 bits per heavy atom. The number of benzene rings is 1. The quantitative estimate of drug-likeness (QED) is 0.177. The number of rotatable bonds is 11. The molecule has 0 aliphatic carbocycles. The number of ketones is 2. The lowest BCUT2D eigenvalue weighted by atomic mass is 10.1. The second kappa shape index (κ2) is 11.4. The summed E-state index contributed by atoms with van der Waals surface area (Å²) in [4.78, 5) is 46.7. The fourth-order valence-corrected chi connectivity index (χ4v) is 1.90. The first-order valence-corrected chi connectivity index (χ1v) is 8.03. The summed E-state index contributed by atoms with van der Waals surface area (Å²) in [6, 6.07) is 2.55. The molecule has 0 heterocycles. The van der Waals surface area contributed by atoms with Crippen molar-refractivity contribution in [2.75, 3.05) is 40.6 Å². The molecule has 1 aromatic carbocycles. The monoisotopic (exact) mass is 412 g/mol. The Bertz CT molecular complexity index is 751. The molecule has 0 spiro atoms. The third-order valence-electron chi connectivity index (χ3n) is 3.33. The number of hydrogen-bond donors (Lipinski definition) is 3. The van der Waals surface area contributed by atoms with E-state index in [1.807, 2.05) is 0 Å². The van der Waals surface area contributed by atoms with Gasteiger partial charge in [-0.05, 0) is 23.8 Å². The first-order chi connectivity index (χ1) is 13.8. The highest BCUT2D eigenvalue weighted by Crippen LogP contribution is 2.37. The van der Waals surface area contributed by atoms with Gasteiger partial charge in [-0.15, -0.1) is 0 Å². The van der Waals surface area contributed by atoms with E-state index in [-0.39, 0.29) is 22.8 Å². The summed E-state index contributed by atoms with van der Waals surface area (Å²) >= 11 is 0. The van der Waals surface area contributed by atoms with E-state index in [4.69, 9.17) is 19.7 Å². The van der Waals surface area contributed by atoms with Crippen LogP contribution in [-0.4, -0.2) is 79.5 Å². The molecule has 0 saturated heterocycles. The van der Waals surface area contributed by atoms with Crippen LogP contribution in [0.4, 0.5) is 0 Å². The van der Waals surface area contributed by atoms with Gasteiger partial charge >= 0.3 is 11.9 Å². The normalized spacial score (nSPS) is 9.93. The van der Waals surface area contributed by atoms with Crippen LogP contribution in [0.15, 0.2) is 17.7 Å². The zero-order chi connectivity index (χ0) is 22.0. The van der Waals surface area contributed by atoms with Gasteiger partial charge in [0.05, 0.1) is 14.2 Å². The van der Waals surface area contributed by atoms with E-state index in [9.17, 15) is 24.3 Å². The standard InChI is InChI=1S/C18H20O11/c1-26-14-4-10(5-15(27-2)16(14)23)3-13(17(24)28-8-11(21)6-19)18(25)29-9-12(22)7-20/h3-5,19-20,23H,6-9H2,1-2H3. The van der Waals surface area contributed by atoms with E-state index >= 15 is 0 Å². The highest BCUT2D eigenvalue weighted by Gasteiger charge is 2.24. The average Bonchev–Trinajstić information content (AvgIpc) is 2.73. The summed E-state index contributed by atoms with van der Waals surface area (Å²) in [5.74, 6) is -4.52. The molecule has 0 atom stereocenters. The number of ether oxygens (including phenoxy) is 4. The Morgan fingerprint density at radius 1 is 0.862 bits per heavy atom. The molecule has 0 aliphatic rings. The summed E-state index contributed by atoms with van der Waals surface area (Å²) in [6.45, 7) is -3.32. The number of hydrogen-bond acceptors (Lipinski definition) is 11. The predicted molar refractivity (Wildman–Crippen MR) is 95.3 cm³/mol. The molecule has 0 radical (unpaired) electrons.